The maximum atomic E-state index is 5.80. The number of anilines is 1. The number of benzene rings is 1. The van der Waals surface area contributed by atoms with Crippen LogP contribution in [0.1, 0.15) is 17.7 Å². The van der Waals surface area contributed by atoms with Crippen LogP contribution >= 0.6 is 0 Å². The second-order valence-corrected chi connectivity index (χ2v) is 4.48. The number of aromatic nitrogens is 2. The molecule has 4 heteroatoms. The van der Waals surface area contributed by atoms with Crippen LogP contribution in [0.4, 0.5) is 5.69 Å². The standard InChI is InChI=1S/C14H15N3O/c1-18-13-7-9(5-6-11(13)15)14-16-8-10-3-2-4-12(10)17-14/h5-8H,2-4,15H2,1H3. The molecule has 0 bridgehead atoms. The topological polar surface area (TPSA) is 61.0 Å². The first-order valence-corrected chi connectivity index (χ1v) is 6.06. The first-order chi connectivity index (χ1) is 8.78. The summed E-state index contributed by atoms with van der Waals surface area (Å²) in [4.78, 5) is 9.04. The lowest BCUT2D eigenvalue weighted by atomic mass is 10.1. The van der Waals surface area contributed by atoms with Crippen molar-refractivity contribution in [2.45, 2.75) is 19.3 Å². The summed E-state index contributed by atoms with van der Waals surface area (Å²) in [5.41, 5.74) is 9.83. The van der Waals surface area contributed by atoms with Crippen molar-refractivity contribution in [3.8, 4) is 17.1 Å². The molecular weight excluding hydrogens is 226 g/mol. The molecule has 0 amide bonds. The van der Waals surface area contributed by atoms with Gasteiger partial charge in [-0.15, -0.1) is 0 Å². The van der Waals surface area contributed by atoms with Crippen molar-refractivity contribution in [3.05, 3.63) is 35.7 Å². The Hall–Kier alpha value is -2.10. The molecule has 0 unspecified atom stereocenters. The largest absolute Gasteiger partial charge is 0.495 e. The zero-order chi connectivity index (χ0) is 12.5. The monoisotopic (exact) mass is 241 g/mol. The quantitative estimate of drug-likeness (QED) is 0.819. The zero-order valence-electron chi connectivity index (χ0n) is 10.3. The Morgan fingerprint density at radius 3 is 3.00 bits per heavy atom. The van der Waals surface area contributed by atoms with Crippen LogP contribution in [0, 0.1) is 0 Å². The molecule has 0 radical (unpaired) electrons. The summed E-state index contributed by atoms with van der Waals surface area (Å²) in [5, 5.41) is 0. The fraction of sp³-hybridized carbons (Fsp3) is 0.286. The third-order valence-electron chi connectivity index (χ3n) is 3.31. The van der Waals surface area contributed by atoms with Crippen LogP contribution in [-0.4, -0.2) is 17.1 Å². The number of nitrogens with zero attached hydrogens (tertiary/aromatic N) is 2. The SMILES string of the molecule is COc1cc(-c2ncc3c(n2)CCC3)ccc1N. The van der Waals surface area contributed by atoms with Crippen molar-refractivity contribution in [2.75, 3.05) is 12.8 Å². The second-order valence-electron chi connectivity index (χ2n) is 4.48. The molecule has 0 atom stereocenters. The minimum absolute atomic E-state index is 0.627. The van der Waals surface area contributed by atoms with E-state index >= 15 is 0 Å². The third-order valence-corrected chi connectivity index (χ3v) is 3.31. The van der Waals surface area contributed by atoms with E-state index in [0.717, 1.165) is 24.2 Å². The van der Waals surface area contributed by atoms with Crippen LogP contribution in [-0.2, 0) is 12.8 Å². The molecule has 1 aliphatic rings. The summed E-state index contributed by atoms with van der Waals surface area (Å²) in [7, 11) is 1.61. The molecule has 4 nitrogen and oxygen atoms in total. The molecule has 2 N–H and O–H groups in total. The number of hydrogen-bond donors (Lipinski definition) is 1. The molecule has 0 aliphatic heterocycles. The Kier molecular flexibility index (Phi) is 2.63. The first kappa shape index (κ1) is 11.0. The van der Waals surface area contributed by atoms with E-state index in [1.807, 2.05) is 24.4 Å². The van der Waals surface area contributed by atoms with E-state index in [-0.39, 0.29) is 0 Å². The van der Waals surface area contributed by atoms with Gasteiger partial charge >= 0.3 is 0 Å². The zero-order valence-corrected chi connectivity index (χ0v) is 10.3. The Labute approximate surface area is 106 Å². The van der Waals surface area contributed by atoms with E-state index in [1.165, 1.54) is 17.7 Å². The third kappa shape index (κ3) is 1.79. The first-order valence-electron chi connectivity index (χ1n) is 6.06. The van der Waals surface area contributed by atoms with Crippen LogP contribution < -0.4 is 10.5 Å². The van der Waals surface area contributed by atoms with Gasteiger partial charge in [-0.2, -0.15) is 0 Å². The Balaban J connectivity index is 2.04. The molecule has 0 spiro atoms. The lowest BCUT2D eigenvalue weighted by Gasteiger charge is -2.07. The molecular formula is C14H15N3O. The number of nitrogens with two attached hydrogens (primary N) is 1. The molecule has 0 fully saturated rings. The molecule has 3 rings (SSSR count). The second kappa shape index (κ2) is 4.29. The van der Waals surface area contributed by atoms with Gasteiger partial charge < -0.3 is 10.5 Å². The highest BCUT2D eigenvalue weighted by molar-refractivity contribution is 5.65. The van der Waals surface area contributed by atoms with Crippen LogP contribution in [0.25, 0.3) is 11.4 Å². The van der Waals surface area contributed by atoms with Crippen LogP contribution in [0.3, 0.4) is 0 Å². The maximum Gasteiger partial charge on any atom is 0.159 e. The van der Waals surface area contributed by atoms with E-state index < -0.39 is 0 Å². The normalized spacial score (nSPS) is 13.4. The van der Waals surface area contributed by atoms with Gasteiger partial charge in [-0.3, -0.25) is 0 Å². The summed E-state index contributed by atoms with van der Waals surface area (Å²) in [6.07, 6.45) is 5.27. The van der Waals surface area contributed by atoms with Gasteiger partial charge in [0.2, 0.25) is 0 Å². The molecule has 0 saturated carbocycles. The van der Waals surface area contributed by atoms with Crippen molar-refractivity contribution in [2.24, 2.45) is 0 Å². The average molecular weight is 241 g/mol. The Morgan fingerprint density at radius 1 is 1.28 bits per heavy atom. The summed E-state index contributed by atoms with van der Waals surface area (Å²) in [6.45, 7) is 0. The van der Waals surface area contributed by atoms with Gasteiger partial charge in [0, 0.05) is 17.5 Å². The van der Waals surface area contributed by atoms with Gasteiger partial charge in [-0.1, -0.05) is 0 Å². The van der Waals surface area contributed by atoms with E-state index in [1.54, 1.807) is 7.11 Å². The minimum atomic E-state index is 0.627. The predicted molar refractivity (Wildman–Crippen MR) is 70.5 cm³/mol. The van der Waals surface area contributed by atoms with Crippen LogP contribution in [0.15, 0.2) is 24.4 Å². The van der Waals surface area contributed by atoms with Crippen molar-refractivity contribution in [1.82, 2.24) is 9.97 Å². The van der Waals surface area contributed by atoms with Crippen molar-refractivity contribution in [3.63, 3.8) is 0 Å². The number of fused-ring (bicyclic) bond motifs is 1. The highest BCUT2D eigenvalue weighted by Crippen LogP contribution is 2.28. The predicted octanol–water partition coefficient (Wildman–Crippen LogP) is 2.22. The summed E-state index contributed by atoms with van der Waals surface area (Å²) >= 11 is 0. The molecule has 18 heavy (non-hydrogen) atoms. The van der Waals surface area contributed by atoms with Crippen LogP contribution in [0.5, 0.6) is 5.75 Å². The van der Waals surface area contributed by atoms with Gasteiger partial charge in [0.1, 0.15) is 5.75 Å². The highest BCUT2D eigenvalue weighted by Gasteiger charge is 2.14. The number of aryl methyl sites for hydroxylation is 2. The average Bonchev–Trinajstić information content (AvgIpc) is 2.86. The fourth-order valence-corrected chi connectivity index (χ4v) is 2.30. The van der Waals surface area contributed by atoms with E-state index in [9.17, 15) is 0 Å². The molecule has 1 aromatic carbocycles. The van der Waals surface area contributed by atoms with Crippen LogP contribution in [0.2, 0.25) is 0 Å². The van der Waals surface area contributed by atoms with Crippen molar-refractivity contribution in [1.29, 1.82) is 0 Å². The summed E-state index contributed by atoms with van der Waals surface area (Å²) in [6, 6.07) is 5.63. The highest BCUT2D eigenvalue weighted by atomic mass is 16.5. The van der Waals surface area contributed by atoms with Gasteiger partial charge in [0.05, 0.1) is 12.8 Å². The number of ether oxygens (including phenoxy) is 1. The number of nitrogen functional groups attached to an aromatic ring is 1. The summed E-state index contributed by atoms with van der Waals surface area (Å²) in [5.74, 6) is 1.41. The van der Waals surface area contributed by atoms with Crippen molar-refractivity contribution >= 4 is 5.69 Å². The van der Waals surface area contributed by atoms with Gasteiger partial charge in [-0.05, 0) is 43.0 Å². The minimum Gasteiger partial charge on any atom is -0.495 e. The van der Waals surface area contributed by atoms with Crippen molar-refractivity contribution < 1.29 is 4.74 Å². The lowest BCUT2D eigenvalue weighted by Crippen LogP contribution is -1.97. The molecule has 92 valence electrons. The Morgan fingerprint density at radius 2 is 2.17 bits per heavy atom. The molecule has 1 heterocycles. The molecule has 2 aromatic rings. The summed E-state index contributed by atoms with van der Waals surface area (Å²) < 4.78 is 5.22. The maximum absolute atomic E-state index is 5.80. The van der Waals surface area contributed by atoms with Gasteiger partial charge in [0.25, 0.3) is 0 Å². The van der Waals surface area contributed by atoms with E-state index in [2.05, 4.69) is 9.97 Å². The van der Waals surface area contributed by atoms with Gasteiger partial charge in [-0.25, -0.2) is 9.97 Å². The molecule has 1 aromatic heterocycles. The number of rotatable bonds is 2. The molecule has 1 aliphatic carbocycles. The van der Waals surface area contributed by atoms with Gasteiger partial charge in [0.15, 0.2) is 5.82 Å². The number of hydrogen-bond acceptors (Lipinski definition) is 4. The fourth-order valence-electron chi connectivity index (χ4n) is 2.30. The number of methoxy groups -OCH3 is 1. The lowest BCUT2D eigenvalue weighted by molar-refractivity contribution is 0.417. The molecule has 0 saturated heterocycles. The Bertz CT molecular complexity index is 587. The smallest absolute Gasteiger partial charge is 0.159 e. The van der Waals surface area contributed by atoms with E-state index in [0.29, 0.717) is 11.4 Å². The van der Waals surface area contributed by atoms with E-state index in [4.69, 9.17) is 10.5 Å².